The number of nitrogens with one attached hydrogen (secondary N) is 2. The summed E-state index contributed by atoms with van der Waals surface area (Å²) in [5.41, 5.74) is -1.44. The van der Waals surface area contributed by atoms with Gasteiger partial charge in [-0.1, -0.05) is 15.9 Å². The fraction of sp³-hybridized carbons (Fsp3) is 0.429. The molecule has 1 aromatic rings. The third kappa shape index (κ3) is 4.20. The molecule has 0 aliphatic rings. The van der Waals surface area contributed by atoms with Crippen LogP contribution in [0.15, 0.2) is 27.1 Å². The van der Waals surface area contributed by atoms with E-state index in [1.54, 1.807) is 39.8 Å². The minimum Gasteiger partial charge on any atom is -0.481 e. The van der Waals surface area contributed by atoms with Gasteiger partial charge in [0.05, 0.1) is 16.6 Å². The quantitative estimate of drug-likeness (QED) is 0.680. The number of carboxylic acids is 1. The summed E-state index contributed by atoms with van der Waals surface area (Å²) in [6.07, 6.45) is 0. The van der Waals surface area contributed by atoms with Gasteiger partial charge in [0, 0.05) is 8.95 Å². The van der Waals surface area contributed by atoms with Crippen LogP contribution in [0.25, 0.3) is 0 Å². The summed E-state index contributed by atoms with van der Waals surface area (Å²) in [5, 5.41) is 14.7. The minimum absolute atomic E-state index is 0.461. The molecule has 0 aliphatic carbocycles. The maximum atomic E-state index is 12.1. The molecule has 0 spiro atoms. The number of anilines is 1. The second-order valence-electron chi connectivity index (χ2n) is 5.76. The molecule has 7 heteroatoms. The van der Waals surface area contributed by atoms with Gasteiger partial charge in [0.15, 0.2) is 0 Å². The van der Waals surface area contributed by atoms with Crippen molar-refractivity contribution in [1.82, 2.24) is 5.32 Å². The largest absolute Gasteiger partial charge is 0.481 e. The number of hydrogen-bond donors (Lipinski definition) is 3. The first-order chi connectivity index (χ1) is 9.47. The number of carbonyl (C=O) groups is 2. The SMILES string of the molecule is CC(C)(NC(=O)Nc1ccc(Br)cc1Br)C(C)(C)C(=O)O. The number of halogens is 2. The molecule has 0 bridgehead atoms. The van der Waals surface area contributed by atoms with E-state index < -0.39 is 23.0 Å². The highest BCUT2D eigenvalue weighted by Crippen LogP contribution is 2.31. The zero-order valence-corrected chi connectivity index (χ0v) is 15.4. The maximum Gasteiger partial charge on any atom is 0.319 e. The van der Waals surface area contributed by atoms with Crippen molar-refractivity contribution in [1.29, 1.82) is 0 Å². The number of rotatable bonds is 4. The highest BCUT2D eigenvalue weighted by atomic mass is 79.9. The summed E-state index contributed by atoms with van der Waals surface area (Å²) in [4.78, 5) is 23.4. The summed E-state index contributed by atoms with van der Waals surface area (Å²) >= 11 is 6.68. The third-order valence-corrected chi connectivity index (χ3v) is 4.85. The molecule has 0 saturated heterocycles. The normalized spacial score (nSPS) is 11.9. The molecule has 2 amide bonds. The van der Waals surface area contributed by atoms with E-state index in [0.29, 0.717) is 5.69 Å². The van der Waals surface area contributed by atoms with Crippen LogP contribution >= 0.6 is 31.9 Å². The molecule has 21 heavy (non-hydrogen) atoms. The molecule has 0 heterocycles. The molecule has 1 rings (SSSR count). The zero-order valence-electron chi connectivity index (χ0n) is 12.3. The number of benzene rings is 1. The van der Waals surface area contributed by atoms with Gasteiger partial charge in [-0.3, -0.25) is 4.79 Å². The third-order valence-electron chi connectivity index (χ3n) is 3.70. The molecule has 1 aromatic carbocycles. The smallest absolute Gasteiger partial charge is 0.319 e. The van der Waals surface area contributed by atoms with Gasteiger partial charge < -0.3 is 15.7 Å². The van der Waals surface area contributed by atoms with Crippen LogP contribution in [-0.4, -0.2) is 22.6 Å². The fourth-order valence-corrected chi connectivity index (χ4v) is 2.60. The van der Waals surface area contributed by atoms with E-state index >= 15 is 0 Å². The molecule has 0 aromatic heterocycles. The van der Waals surface area contributed by atoms with Crippen molar-refractivity contribution in [2.45, 2.75) is 33.2 Å². The summed E-state index contributed by atoms with van der Waals surface area (Å²) < 4.78 is 1.61. The van der Waals surface area contributed by atoms with E-state index in [0.717, 1.165) is 8.95 Å². The van der Waals surface area contributed by atoms with E-state index in [4.69, 9.17) is 0 Å². The van der Waals surface area contributed by atoms with Gasteiger partial charge in [-0.25, -0.2) is 4.79 Å². The Morgan fingerprint density at radius 1 is 1.14 bits per heavy atom. The molecule has 5 nitrogen and oxygen atoms in total. The molecule has 3 N–H and O–H groups in total. The molecular weight excluding hydrogens is 404 g/mol. The van der Waals surface area contributed by atoms with E-state index in [1.807, 2.05) is 6.07 Å². The van der Waals surface area contributed by atoms with Gasteiger partial charge in [0.25, 0.3) is 0 Å². The van der Waals surface area contributed by atoms with Crippen LogP contribution in [0.1, 0.15) is 27.7 Å². The van der Waals surface area contributed by atoms with Crippen LogP contribution in [0.5, 0.6) is 0 Å². The van der Waals surface area contributed by atoms with Crippen LogP contribution < -0.4 is 10.6 Å². The lowest BCUT2D eigenvalue weighted by molar-refractivity contribution is -0.150. The highest BCUT2D eigenvalue weighted by molar-refractivity contribution is 9.11. The summed E-state index contributed by atoms with van der Waals surface area (Å²) in [7, 11) is 0. The van der Waals surface area contributed by atoms with Crippen molar-refractivity contribution in [3.05, 3.63) is 27.1 Å². The van der Waals surface area contributed by atoms with Crippen LogP contribution in [0.3, 0.4) is 0 Å². The van der Waals surface area contributed by atoms with Gasteiger partial charge in [0.2, 0.25) is 0 Å². The molecule has 0 radical (unpaired) electrons. The van der Waals surface area contributed by atoms with Crippen LogP contribution in [0, 0.1) is 5.41 Å². The van der Waals surface area contributed by atoms with Crippen molar-refractivity contribution in [3.63, 3.8) is 0 Å². The average molecular weight is 422 g/mol. The first-order valence-corrected chi connectivity index (χ1v) is 7.83. The molecule has 0 aliphatic heterocycles. The van der Waals surface area contributed by atoms with Gasteiger partial charge in [-0.15, -0.1) is 0 Å². The standard InChI is InChI=1S/C14H18Br2N2O3/c1-13(2,11(19)20)14(3,4)18-12(21)17-10-6-5-8(15)7-9(10)16/h5-7H,1-4H3,(H,19,20)(H2,17,18,21). The topological polar surface area (TPSA) is 78.4 Å². The van der Waals surface area contributed by atoms with Crippen LogP contribution in [0.2, 0.25) is 0 Å². The maximum absolute atomic E-state index is 12.1. The molecule has 116 valence electrons. The van der Waals surface area contributed by atoms with Crippen molar-refractivity contribution in [2.24, 2.45) is 5.41 Å². The van der Waals surface area contributed by atoms with E-state index in [-0.39, 0.29) is 0 Å². The first kappa shape index (κ1) is 18.0. The Morgan fingerprint density at radius 3 is 2.19 bits per heavy atom. The van der Waals surface area contributed by atoms with Crippen molar-refractivity contribution in [3.8, 4) is 0 Å². The monoisotopic (exact) mass is 420 g/mol. The summed E-state index contributed by atoms with van der Waals surface area (Å²) in [6, 6.07) is 4.88. The highest BCUT2D eigenvalue weighted by Gasteiger charge is 2.44. The lowest BCUT2D eigenvalue weighted by Crippen LogP contribution is -2.57. The Balaban J connectivity index is 2.84. The van der Waals surface area contributed by atoms with E-state index in [1.165, 1.54) is 0 Å². The molecule has 0 unspecified atom stereocenters. The second-order valence-corrected chi connectivity index (χ2v) is 7.53. The van der Waals surface area contributed by atoms with Gasteiger partial charge in [-0.05, 0) is 61.8 Å². The number of aliphatic carboxylic acids is 1. The van der Waals surface area contributed by atoms with Gasteiger partial charge in [-0.2, -0.15) is 0 Å². The van der Waals surface area contributed by atoms with Crippen LogP contribution in [-0.2, 0) is 4.79 Å². The van der Waals surface area contributed by atoms with E-state index in [2.05, 4.69) is 42.5 Å². The Morgan fingerprint density at radius 2 is 1.71 bits per heavy atom. The number of carbonyl (C=O) groups excluding carboxylic acids is 1. The summed E-state index contributed by atoms with van der Waals surface area (Å²) in [6.45, 7) is 6.50. The molecule has 0 saturated carbocycles. The number of amides is 2. The molecular formula is C14H18Br2N2O3. The predicted molar refractivity (Wildman–Crippen MR) is 89.5 cm³/mol. The molecule has 0 fully saturated rings. The van der Waals surface area contributed by atoms with E-state index in [9.17, 15) is 14.7 Å². The minimum atomic E-state index is -1.11. The Kier molecular flexibility index (Phi) is 5.44. The number of hydrogen-bond acceptors (Lipinski definition) is 2. The van der Waals surface area contributed by atoms with Gasteiger partial charge >= 0.3 is 12.0 Å². The predicted octanol–water partition coefficient (Wildman–Crippen LogP) is 4.22. The Labute approximate surface area is 140 Å². The fourth-order valence-electron chi connectivity index (χ4n) is 1.45. The van der Waals surface area contributed by atoms with Crippen LogP contribution in [0.4, 0.5) is 10.5 Å². The number of carboxylic acid groups (broad SMARTS) is 1. The van der Waals surface area contributed by atoms with Gasteiger partial charge in [0.1, 0.15) is 0 Å². The lowest BCUT2D eigenvalue weighted by atomic mass is 9.74. The second kappa shape index (κ2) is 6.36. The zero-order chi connectivity index (χ0) is 16.4. The summed E-state index contributed by atoms with van der Waals surface area (Å²) in [5.74, 6) is -0.974. The van der Waals surface area contributed by atoms with Crippen molar-refractivity contribution >= 4 is 49.5 Å². The Bertz CT molecular complexity index is 571. The van der Waals surface area contributed by atoms with Crippen molar-refractivity contribution in [2.75, 3.05) is 5.32 Å². The Hall–Kier alpha value is -1.08. The number of urea groups is 1. The average Bonchev–Trinajstić information content (AvgIpc) is 2.31. The molecule has 0 atom stereocenters. The first-order valence-electron chi connectivity index (χ1n) is 6.25. The lowest BCUT2D eigenvalue weighted by Gasteiger charge is -2.38. The van der Waals surface area contributed by atoms with Crippen molar-refractivity contribution < 1.29 is 14.7 Å².